The summed E-state index contributed by atoms with van der Waals surface area (Å²) < 4.78 is 1.66. The molecule has 4 rings (SSSR count). The highest BCUT2D eigenvalue weighted by Gasteiger charge is 2.35. The number of aryl methyl sites for hydroxylation is 2. The molecule has 1 aliphatic heterocycles. The van der Waals surface area contributed by atoms with Crippen LogP contribution in [0.1, 0.15) is 22.5 Å². The van der Waals surface area contributed by atoms with Crippen LogP contribution in [0.3, 0.4) is 0 Å². The number of rotatable bonds is 3. The van der Waals surface area contributed by atoms with Gasteiger partial charge in [-0.25, -0.2) is 0 Å². The minimum absolute atomic E-state index is 0.121. The maximum atomic E-state index is 12.8. The Morgan fingerprint density at radius 1 is 1.32 bits per heavy atom. The quantitative estimate of drug-likeness (QED) is 0.764. The minimum Gasteiger partial charge on any atom is -0.358 e. The molecule has 7 nitrogen and oxygen atoms in total. The molecule has 0 bridgehead atoms. The molecule has 0 radical (unpaired) electrons. The van der Waals surface area contributed by atoms with E-state index in [-0.39, 0.29) is 11.8 Å². The Balaban J connectivity index is 1.55. The molecule has 1 unspecified atom stereocenters. The zero-order chi connectivity index (χ0) is 17.6. The van der Waals surface area contributed by atoms with E-state index in [2.05, 4.69) is 15.4 Å². The van der Waals surface area contributed by atoms with Gasteiger partial charge in [0, 0.05) is 42.5 Å². The van der Waals surface area contributed by atoms with Gasteiger partial charge in [0.15, 0.2) is 5.82 Å². The molecule has 1 aliphatic rings. The zero-order valence-electron chi connectivity index (χ0n) is 14.1. The number of H-pyrrole nitrogens is 1. The van der Waals surface area contributed by atoms with Gasteiger partial charge in [-0.15, -0.1) is 0 Å². The summed E-state index contributed by atoms with van der Waals surface area (Å²) in [5.74, 6) is 0.272. The number of aromatic nitrogens is 3. The lowest BCUT2D eigenvalue weighted by atomic mass is 10.1. The van der Waals surface area contributed by atoms with Crippen LogP contribution >= 0.6 is 0 Å². The van der Waals surface area contributed by atoms with Crippen molar-refractivity contribution in [3.63, 3.8) is 0 Å². The summed E-state index contributed by atoms with van der Waals surface area (Å²) in [6, 6.07) is 8.93. The van der Waals surface area contributed by atoms with Gasteiger partial charge in [0.05, 0.1) is 5.56 Å². The third-order valence-corrected chi connectivity index (χ3v) is 4.61. The van der Waals surface area contributed by atoms with Crippen LogP contribution in [0.15, 0.2) is 36.5 Å². The average Bonchev–Trinajstić information content (AvgIpc) is 3.25. The Kier molecular flexibility index (Phi) is 3.56. The molecule has 7 heteroatoms. The number of fused-ring (bicyclic) bond motifs is 1. The summed E-state index contributed by atoms with van der Waals surface area (Å²) in [5, 5.41) is 8.02. The van der Waals surface area contributed by atoms with E-state index in [1.807, 2.05) is 38.2 Å². The van der Waals surface area contributed by atoms with Gasteiger partial charge < -0.3 is 10.3 Å². The molecule has 1 atom stereocenters. The van der Waals surface area contributed by atoms with Gasteiger partial charge in [-0.1, -0.05) is 18.2 Å². The number of carbonyl (C=O) groups excluding carboxylic acids is 2. The molecule has 0 aliphatic carbocycles. The number of carbonyl (C=O) groups is 2. The van der Waals surface area contributed by atoms with Crippen LogP contribution in [0.4, 0.5) is 5.82 Å². The second kappa shape index (κ2) is 5.77. The highest BCUT2D eigenvalue weighted by atomic mass is 16.2. The third-order valence-electron chi connectivity index (χ3n) is 4.61. The first-order valence-electron chi connectivity index (χ1n) is 8.24. The van der Waals surface area contributed by atoms with Crippen molar-refractivity contribution in [3.05, 3.63) is 47.8 Å². The van der Waals surface area contributed by atoms with Crippen molar-refractivity contribution in [2.24, 2.45) is 7.05 Å². The van der Waals surface area contributed by atoms with Crippen molar-refractivity contribution in [1.29, 1.82) is 0 Å². The molecule has 2 N–H and O–H groups in total. The fourth-order valence-corrected chi connectivity index (χ4v) is 3.39. The summed E-state index contributed by atoms with van der Waals surface area (Å²) in [7, 11) is 1.81. The van der Waals surface area contributed by atoms with Crippen LogP contribution in [-0.4, -0.2) is 39.2 Å². The highest BCUT2D eigenvalue weighted by molar-refractivity contribution is 6.10. The molecule has 128 valence electrons. The first-order valence-corrected chi connectivity index (χ1v) is 8.24. The van der Waals surface area contributed by atoms with E-state index >= 15 is 0 Å². The van der Waals surface area contributed by atoms with Gasteiger partial charge in [-0.3, -0.25) is 19.2 Å². The summed E-state index contributed by atoms with van der Waals surface area (Å²) in [5.41, 5.74) is 2.31. The number of nitrogens with zero attached hydrogens (tertiary/aromatic N) is 3. The molecule has 1 saturated heterocycles. The smallest absolute Gasteiger partial charge is 0.254 e. The van der Waals surface area contributed by atoms with E-state index in [0.29, 0.717) is 24.3 Å². The second-order valence-corrected chi connectivity index (χ2v) is 6.32. The Morgan fingerprint density at radius 3 is 2.88 bits per heavy atom. The molecule has 2 aromatic heterocycles. The Bertz CT molecular complexity index is 971. The van der Waals surface area contributed by atoms with E-state index in [1.165, 1.54) is 0 Å². The zero-order valence-corrected chi connectivity index (χ0v) is 14.1. The molecule has 25 heavy (non-hydrogen) atoms. The van der Waals surface area contributed by atoms with Crippen LogP contribution in [0.5, 0.6) is 0 Å². The number of nitrogens with one attached hydrogen (secondary N) is 2. The average molecular weight is 337 g/mol. The van der Waals surface area contributed by atoms with Crippen molar-refractivity contribution in [2.45, 2.75) is 19.4 Å². The first kappa shape index (κ1) is 15.4. The molecule has 0 saturated carbocycles. The maximum absolute atomic E-state index is 12.8. The molecule has 0 spiro atoms. The fourth-order valence-electron chi connectivity index (χ4n) is 3.39. The van der Waals surface area contributed by atoms with Gasteiger partial charge in [-0.2, -0.15) is 5.10 Å². The van der Waals surface area contributed by atoms with Gasteiger partial charge in [0.25, 0.3) is 11.8 Å². The van der Waals surface area contributed by atoms with Crippen molar-refractivity contribution in [1.82, 2.24) is 20.1 Å². The molecular weight excluding hydrogens is 318 g/mol. The molecular formula is C18H19N5O2. The molecule has 3 aromatic rings. The SMILES string of the molecule is Cc1[nH]c2ccccc2c1C(=O)NC1CCN(c2ccn(C)n2)C1=O. The predicted molar refractivity (Wildman–Crippen MR) is 94.5 cm³/mol. The molecule has 1 fully saturated rings. The van der Waals surface area contributed by atoms with Crippen LogP contribution in [-0.2, 0) is 11.8 Å². The topological polar surface area (TPSA) is 83.0 Å². The predicted octanol–water partition coefficient (Wildman–Crippen LogP) is 1.75. The van der Waals surface area contributed by atoms with Gasteiger partial charge in [0.2, 0.25) is 0 Å². The van der Waals surface area contributed by atoms with Crippen molar-refractivity contribution < 1.29 is 9.59 Å². The number of benzene rings is 1. The summed E-state index contributed by atoms with van der Waals surface area (Å²) >= 11 is 0. The normalized spacial score (nSPS) is 17.4. The number of aromatic amines is 1. The summed E-state index contributed by atoms with van der Waals surface area (Å²) in [4.78, 5) is 30.2. The van der Waals surface area contributed by atoms with E-state index in [0.717, 1.165) is 16.6 Å². The molecule has 1 aromatic carbocycles. The monoisotopic (exact) mass is 337 g/mol. The number of hydrogen-bond donors (Lipinski definition) is 2. The number of amides is 2. The molecule has 3 heterocycles. The van der Waals surface area contributed by atoms with Crippen LogP contribution in [0.2, 0.25) is 0 Å². The standard InChI is InChI=1S/C18H19N5O2/c1-11-16(12-5-3-4-6-13(12)19-11)17(24)20-14-7-10-23(18(14)25)15-8-9-22(2)21-15/h3-6,8-9,14,19H,7,10H2,1-2H3,(H,20,24). The molecule has 2 amide bonds. The van der Waals surface area contributed by atoms with Crippen molar-refractivity contribution in [3.8, 4) is 0 Å². The van der Waals surface area contributed by atoms with Crippen molar-refractivity contribution in [2.75, 3.05) is 11.4 Å². The number of hydrogen-bond acceptors (Lipinski definition) is 3. The maximum Gasteiger partial charge on any atom is 0.254 e. The minimum atomic E-state index is -0.525. The second-order valence-electron chi connectivity index (χ2n) is 6.32. The summed E-state index contributed by atoms with van der Waals surface area (Å²) in [6.45, 7) is 2.42. The van der Waals surface area contributed by atoms with Crippen molar-refractivity contribution >= 4 is 28.5 Å². The number of anilines is 1. The van der Waals surface area contributed by atoms with Crippen LogP contribution < -0.4 is 10.2 Å². The van der Waals surface area contributed by atoms with E-state index in [1.54, 1.807) is 21.8 Å². The van der Waals surface area contributed by atoms with E-state index < -0.39 is 6.04 Å². The Morgan fingerprint density at radius 2 is 2.12 bits per heavy atom. The van der Waals surface area contributed by atoms with Gasteiger partial charge >= 0.3 is 0 Å². The largest absolute Gasteiger partial charge is 0.358 e. The number of para-hydroxylation sites is 1. The van der Waals surface area contributed by atoms with Gasteiger partial charge in [-0.05, 0) is 19.4 Å². The Labute approximate surface area is 144 Å². The van der Waals surface area contributed by atoms with E-state index in [9.17, 15) is 9.59 Å². The highest BCUT2D eigenvalue weighted by Crippen LogP contribution is 2.23. The van der Waals surface area contributed by atoms with E-state index in [4.69, 9.17) is 0 Å². The van der Waals surface area contributed by atoms with Gasteiger partial charge in [0.1, 0.15) is 6.04 Å². The first-order chi connectivity index (χ1) is 12.0. The lowest BCUT2D eigenvalue weighted by Crippen LogP contribution is -2.41. The fraction of sp³-hybridized carbons (Fsp3) is 0.278. The third kappa shape index (κ3) is 2.57. The lowest BCUT2D eigenvalue weighted by Gasteiger charge is -2.14. The van der Waals surface area contributed by atoms with Crippen LogP contribution in [0.25, 0.3) is 10.9 Å². The lowest BCUT2D eigenvalue weighted by molar-refractivity contribution is -0.118. The summed E-state index contributed by atoms with van der Waals surface area (Å²) in [6.07, 6.45) is 2.37. The Hall–Kier alpha value is -3.09. The van der Waals surface area contributed by atoms with Crippen LogP contribution in [0, 0.1) is 6.92 Å².